The normalized spacial score (nSPS) is 25.6. The zero-order valence-corrected chi connectivity index (χ0v) is 18.9. The Bertz CT molecular complexity index is 831. The molecular weight excluding hydrogens is 403 g/mol. The van der Waals surface area contributed by atoms with E-state index >= 15 is 0 Å². The van der Waals surface area contributed by atoms with Crippen LogP contribution in [-0.2, 0) is 16.1 Å². The van der Waals surface area contributed by atoms with Crippen LogP contribution < -0.4 is 10.6 Å². The molecule has 0 aromatic heterocycles. The van der Waals surface area contributed by atoms with Gasteiger partial charge in [0, 0.05) is 12.6 Å². The van der Waals surface area contributed by atoms with Crippen molar-refractivity contribution in [1.29, 1.82) is 0 Å². The van der Waals surface area contributed by atoms with Crippen LogP contribution in [0, 0.1) is 5.92 Å². The summed E-state index contributed by atoms with van der Waals surface area (Å²) in [4.78, 5) is 12.5. The van der Waals surface area contributed by atoms with E-state index in [1.807, 2.05) is 19.1 Å². The first kappa shape index (κ1) is 24.5. The summed E-state index contributed by atoms with van der Waals surface area (Å²) >= 11 is 0. The molecule has 0 spiro atoms. The summed E-state index contributed by atoms with van der Waals surface area (Å²) in [5.41, 5.74) is 2.91. The van der Waals surface area contributed by atoms with Gasteiger partial charge in [-0.2, -0.15) is 0 Å². The van der Waals surface area contributed by atoms with Crippen molar-refractivity contribution in [3.05, 3.63) is 66.3 Å². The Morgan fingerprint density at radius 3 is 2.66 bits per heavy atom. The maximum atomic E-state index is 12.5. The third-order valence-corrected chi connectivity index (χ3v) is 6.60. The van der Waals surface area contributed by atoms with Gasteiger partial charge in [-0.1, -0.05) is 68.0 Å². The van der Waals surface area contributed by atoms with Gasteiger partial charge in [0.1, 0.15) is 12.3 Å². The molecule has 1 atom stereocenters. The van der Waals surface area contributed by atoms with E-state index in [4.69, 9.17) is 14.8 Å². The predicted molar refractivity (Wildman–Crippen MR) is 128 cm³/mol. The number of nitrogens with one attached hydrogen (secondary N) is 2. The second-order valence-corrected chi connectivity index (χ2v) is 8.75. The van der Waals surface area contributed by atoms with E-state index in [-0.39, 0.29) is 18.6 Å². The van der Waals surface area contributed by atoms with Crippen LogP contribution in [0.25, 0.3) is 5.57 Å². The van der Waals surface area contributed by atoms with Gasteiger partial charge in [-0.15, -0.1) is 0 Å². The Balaban J connectivity index is 1.49. The minimum atomic E-state index is -1.28. The fourth-order valence-corrected chi connectivity index (χ4v) is 4.69. The molecule has 1 saturated carbocycles. The molecule has 1 aliphatic carbocycles. The van der Waals surface area contributed by atoms with E-state index in [0.717, 1.165) is 36.9 Å². The first-order chi connectivity index (χ1) is 15.5. The Morgan fingerprint density at radius 1 is 1.31 bits per heavy atom. The highest BCUT2D eigenvalue weighted by molar-refractivity contribution is 6.40. The molecule has 172 valence electrons. The summed E-state index contributed by atoms with van der Waals surface area (Å²) < 4.78 is 5.25. The van der Waals surface area contributed by atoms with Gasteiger partial charge in [-0.3, -0.25) is 5.32 Å². The van der Waals surface area contributed by atoms with Gasteiger partial charge in [0.2, 0.25) is 0 Å². The van der Waals surface area contributed by atoms with Crippen LogP contribution in [0.5, 0.6) is 0 Å². The molecule has 1 unspecified atom stereocenters. The second-order valence-electron chi connectivity index (χ2n) is 8.75. The minimum absolute atomic E-state index is 0.161. The summed E-state index contributed by atoms with van der Waals surface area (Å²) in [5, 5.41) is 25.0. The SMILES string of the molecule is C=C/C=C(\C=C/C)c1ccc(CNC2CC(C3(CCCCB(O)O)NCOC3=O)C2)cc1. The highest BCUT2D eigenvalue weighted by Gasteiger charge is 2.54. The molecule has 2 fully saturated rings. The van der Waals surface area contributed by atoms with Crippen LogP contribution in [0.2, 0.25) is 6.32 Å². The fourth-order valence-electron chi connectivity index (χ4n) is 4.69. The fraction of sp³-hybridized carbons (Fsp3) is 0.480. The van der Waals surface area contributed by atoms with Crippen molar-refractivity contribution < 1.29 is 19.6 Å². The Hall–Kier alpha value is -2.19. The lowest BCUT2D eigenvalue weighted by Gasteiger charge is -2.45. The number of allylic oxidation sites excluding steroid dienone is 5. The van der Waals surface area contributed by atoms with Gasteiger partial charge < -0.3 is 20.1 Å². The van der Waals surface area contributed by atoms with Crippen LogP contribution >= 0.6 is 0 Å². The lowest BCUT2D eigenvalue weighted by atomic mass is 9.66. The largest absolute Gasteiger partial charge is 0.451 e. The first-order valence-electron chi connectivity index (χ1n) is 11.5. The van der Waals surface area contributed by atoms with Crippen molar-refractivity contribution in [1.82, 2.24) is 10.6 Å². The summed E-state index contributed by atoms with van der Waals surface area (Å²) in [6.07, 6.45) is 12.2. The number of hydrogen-bond donors (Lipinski definition) is 4. The predicted octanol–water partition coefficient (Wildman–Crippen LogP) is 3.19. The topological polar surface area (TPSA) is 90.8 Å². The number of benzene rings is 1. The average Bonchev–Trinajstić information content (AvgIpc) is 3.11. The zero-order valence-electron chi connectivity index (χ0n) is 18.9. The van der Waals surface area contributed by atoms with Crippen LogP contribution in [0.4, 0.5) is 0 Å². The van der Waals surface area contributed by atoms with Gasteiger partial charge in [0.25, 0.3) is 0 Å². The van der Waals surface area contributed by atoms with Crippen LogP contribution in [-0.4, -0.2) is 41.4 Å². The third kappa shape index (κ3) is 5.98. The second kappa shape index (κ2) is 11.6. The third-order valence-electron chi connectivity index (χ3n) is 6.60. The maximum absolute atomic E-state index is 12.5. The molecule has 0 amide bonds. The number of rotatable bonds is 12. The zero-order chi connectivity index (χ0) is 23.0. The van der Waals surface area contributed by atoms with Crippen LogP contribution in [0.3, 0.4) is 0 Å². The number of hydrogen-bond acceptors (Lipinski definition) is 6. The van der Waals surface area contributed by atoms with Gasteiger partial charge >= 0.3 is 13.1 Å². The lowest BCUT2D eigenvalue weighted by Crippen LogP contribution is -2.59. The van der Waals surface area contributed by atoms with Gasteiger partial charge in [-0.05, 0) is 55.1 Å². The molecule has 3 rings (SSSR count). The molecule has 0 radical (unpaired) electrons. The summed E-state index contributed by atoms with van der Waals surface area (Å²) in [6, 6.07) is 8.93. The van der Waals surface area contributed by atoms with E-state index < -0.39 is 12.7 Å². The quantitative estimate of drug-likeness (QED) is 0.174. The molecule has 4 N–H and O–H groups in total. The van der Waals surface area contributed by atoms with Crippen molar-refractivity contribution in [2.75, 3.05) is 6.73 Å². The molecule has 7 heteroatoms. The van der Waals surface area contributed by atoms with Gasteiger partial charge in [-0.25, -0.2) is 4.79 Å². The Morgan fingerprint density at radius 2 is 2.06 bits per heavy atom. The summed E-state index contributed by atoms with van der Waals surface area (Å²) in [6.45, 7) is 6.85. The minimum Gasteiger partial charge on any atom is -0.448 e. The number of esters is 1. The Kier molecular flexibility index (Phi) is 8.88. The van der Waals surface area contributed by atoms with Crippen molar-refractivity contribution >= 4 is 18.7 Å². The average molecular weight is 438 g/mol. The van der Waals surface area contributed by atoms with E-state index in [2.05, 4.69) is 47.6 Å². The molecular formula is C25H35BN2O4. The standard InChI is InChI=1S/C25H35BN2O4/c1-3-7-20(8-4-2)21-11-9-19(10-12-21)17-27-23-15-22(16-23)25(24(29)32-18-28-25)13-5-6-14-26(30)31/h3-4,7-12,22-23,27-28,30-31H,1,5-6,13-18H2,2H3/b8-4-,20-7+. The molecule has 0 bridgehead atoms. The van der Waals surface area contributed by atoms with Crippen molar-refractivity contribution in [3.63, 3.8) is 0 Å². The maximum Gasteiger partial charge on any atom is 0.451 e. The molecule has 1 heterocycles. The molecule has 1 saturated heterocycles. The Labute approximate surface area is 191 Å². The number of carbonyl (C=O) groups is 1. The van der Waals surface area contributed by atoms with Crippen LogP contribution in [0.1, 0.15) is 50.2 Å². The molecule has 2 aliphatic rings. The highest BCUT2D eigenvalue weighted by atomic mass is 16.6. The molecule has 32 heavy (non-hydrogen) atoms. The monoisotopic (exact) mass is 438 g/mol. The number of ether oxygens (including phenoxy) is 1. The summed E-state index contributed by atoms with van der Waals surface area (Å²) in [7, 11) is -1.28. The van der Waals surface area contributed by atoms with Gasteiger partial charge in [0.15, 0.2) is 0 Å². The van der Waals surface area contributed by atoms with E-state index in [1.165, 1.54) is 5.56 Å². The smallest absolute Gasteiger partial charge is 0.448 e. The number of carbonyl (C=O) groups excluding carboxylic acids is 1. The van der Waals surface area contributed by atoms with E-state index in [9.17, 15) is 4.79 Å². The van der Waals surface area contributed by atoms with Crippen LogP contribution in [0.15, 0.2) is 55.1 Å². The first-order valence-corrected chi connectivity index (χ1v) is 11.5. The summed E-state index contributed by atoms with van der Waals surface area (Å²) in [5.74, 6) is 0.0782. The lowest BCUT2D eigenvalue weighted by molar-refractivity contribution is -0.146. The number of cyclic esters (lactones) is 1. The van der Waals surface area contributed by atoms with Crippen molar-refractivity contribution in [2.24, 2.45) is 5.92 Å². The van der Waals surface area contributed by atoms with E-state index in [1.54, 1.807) is 6.08 Å². The van der Waals surface area contributed by atoms with Crippen molar-refractivity contribution in [2.45, 2.75) is 63.5 Å². The highest BCUT2D eigenvalue weighted by Crippen LogP contribution is 2.42. The molecule has 1 aromatic carbocycles. The molecule has 6 nitrogen and oxygen atoms in total. The molecule has 1 aromatic rings. The van der Waals surface area contributed by atoms with E-state index in [0.29, 0.717) is 25.2 Å². The number of unbranched alkanes of at least 4 members (excludes halogenated alkanes) is 1. The van der Waals surface area contributed by atoms with Crippen molar-refractivity contribution in [3.8, 4) is 0 Å². The molecule has 1 aliphatic heterocycles. The van der Waals surface area contributed by atoms with Gasteiger partial charge in [0.05, 0.1) is 0 Å².